The summed E-state index contributed by atoms with van der Waals surface area (Å²) in [6, 6.07) is 3.38. The van der Waals surface area contributed by atoms with Gasteiger partial charge in [-0.2, -0.15) is 0 Å². The van der Waals surface area contributed by atoms with Crippen molar-refractivity contribution < 1.29 is 29.1 Å². The number of nitrogens with zero attached hydrogens (tertiary/aromatic N) is 4. The van der Waals surface area contributed by atoms with Crippen LogP contribution in [0.4, 0.5) is 5.69 Å². The molecular weight excluding hydrogens is 456 g/mol. The highest BCUT2D eigenvalue weighted by Gasteiger charge is 2.45. The molecule has 35 heavy (non-hydrogen) atoms. The van der Waals surface area contributed by atoms with Crippen molar-refractivity contribution in [3.8, 4) is 0 Å². The second-order valence-corrected chi connectivity index (χ2v) is 9.12. The molecule has 5 rings (SSSR count). The smallest absolute Gasteiger partial charge is 0.264 e. The number of fused-ring (bicyclic) bond motifs is 1. The average Bonchev–Trinajstić information content (AvgIpc) is 3.39. The normalized spacial score (nSPS) is 21.6. The van der Waals surface area contributed by atoms with E-state index in [9.17, 15) is 29.1 Å². The number of aliphatic hydroxyl groups is 1. The monoisotopic (exact) mass is 480 g/mol. The lowest BCUT2D eigenvalue weighted by molar-refractivity contribution is -0.136. The Morgan fingerprint density at radius 2 is 1.91 bits per heavy atom. The topological polar surface area (TPSA) is 164 Å². The number of imide groups is 2. The molecule has 2 aromatic rings. The molecule has 12 nitrogen and oxygen atoms in total. The van der Waals surface area contributed by atoms with Crippen LogP contribution in [-0.2, 0) is 26.5 Å². The van der Waals surface area contributed by atoms with E-state index < -0.39 is 41.2 Å². The van der Waals surface area contributed by atoms with E-state index in [0.717, 1.165) is 24.2 Å². The molecule has 5 amide bonds. The predicted octanol–water partition coefficient (Wildman–Crippen LogP) is 0.470. The minimum Gasteiger partial charge on any atom is -0.383 e. The first kappa shape index (κ1) is 22.8. The molecule has 1 unspecified atom stereocenters. The number of rotatable bonds is 5. The Labute approximate surface area is 199 Å². The standard InChI is InChI=1S/C23H24N6O6/c30-17-8-7-15(20(32)25-17)29-21(33)13-5-4-6-14(19(13)22(29)34)24-18(31)12-28-11-16(26-27-28)23(35)9-2-1-3-10-23/h4-6,11,15,35H,1-3,7-10,12H2,(H,24,31)(H,25,30,32). The molecular formula is C23H24N6O6. The van der Waals surface area contributed by atoms with Crippen molar-refractivity contribution in [1.82, 2.24) is 25.2 Å². The molecule has 3 aliphatic rings. The summed E-state index contributed by atoms with van der Waals surface area (Å²) in [6.45, 7) is -0.217. The molecule has 2 fully saturated rings. The highest BCUT2D eigenvalue weighted by atomic mass is 16.3. The Morgan fingerprint density at radius 1 is 1.14 bits per heavy atom. The summed E-state index contributed by atoms with van der Waals surface area (Å²) >= 11 is 0. The van der Waals surface area contributed by atoms with Gasteiger partial charge in [0, 0.05) is 6.42 Å². The molecule has 1 saturated heterocycles. The number of nitrogens with one attached hydrogen (secondary N) is 2. The second kappa shape index (κ2) is 8.69. The van der Waals surface area contributed by atoms with Crippen molar-refractivity contribution in [2.75, 3.05) is 5.32 Å². The number of carbonyl (C=O) groups excluding carboxylic acids is 5. The minimum atomic E-state index is -1.09. The van der Waals surface area contributed by atoms with Gasteiger partial charge in [0.05, 0.1) is 23.0 Å². The molecule has 1 aliphatic carbocycles. The first-order valence-corrected chi connectivity index (χ1v) is 11.5. The summed E-state index contributed by atoms with van der Waals surface area (Å²) in [4.78, 5) is 63.4. The van der Waals surface area contributed by atoms with Gasteiger partial charge < -0.3 is 10.4 Å². The fourth-order valence-corrected chi connectivity index (χ4v) is 4.94. The molecule has 0 spiro atoms. The number of anilines is 1. The fraction of sp³-hybridized carbons (Fsp3) is 0.435. The first-order valence-electron chi connectivity index (χ1n) is 11.5. The van der Waals surface area contributed by atoms with Gasteiger partial charge >= 0.3 is 0 Å². The number of benzene rings is 1. The maximum atomic E-state index is 13.1. The summed E-state index contributed by atoms with van der Waals surface area (Å²) < 4.78 is 1.31. The average molecular weight is 480 g/mol. The van der Waals surface area contributed by atoms with Crippen LogP contribution in [0.25, 0.3) is 0 Å². The van der Waals surface area contributed by atoms with Gasteiger partial charge in [-0.15, -0.1) is 5.10 Å². The molecule has 12 heteroatoms. The van der Waals surface area contributed by atoms with Gasteiger partial charge in [-0.25, -0.2) is 4.68 Å². The van der Waals surface area contributed by atoms with Crippen molar-refractivity contribution in [1.29, 1.82) is 0 Å². The quantitative estimate of drug-likeness (QED) is 0.520. The lowest BCUT2D eigenvalue weighted by atomic mass is 9.83. The summed E-state index contributed by atoms with van der Waals surface area (Å²) in [5.41, 5.74) is -0.427. The Balaban J connectivity index is 1.31. The number of aromatic nitrogens is 3. The Hall–Kier alpha value is -3.93. The first-order chi connectivity index (χ1) is 16.8. The van der Waals surface area contributed by atoms with Crippen LogP contribution in [-0.4, -0.2) is 60.6 Å². The molecule has 1 aromatic heterocycles. The van der Waals surface area contributed by atoms with Gasteiger partial charge in [-0.1, -0.05) is 30.5 Å². The van der Waals surface area contributed by atoms with E-state index in [1.54, 1.807) is 6.20 Å². The van der Waals surface area contributed by atoms with Crippen molar-refractivity contribution in [3.63, 3.8) is 0 Å². The third-order valence-electron chi connectivity index (χ3n) is 6.74. The molecule has 3 heterocycles. The van der Waals surface area contributed by atoms with Crippen molar-refractivity contribution >= 4 is 35.2 Å². The summed E-state index contributed by atoms with van der Waals surface area (Å²) in [7, 11) is 0. The number of amides is 5. The third-order valence-corrected chi connectivity index (χ3v) is 6.74. The maximum Gasteiger partial charge on any atom is 0.264 e. The fourth-order valence-electron chi connectivity index (χ4n) is 4.94. The number of hydrogen-bond acceptors (Lipinski definition) is 8. The van der Waals surface area contributed by atoms with Gasteiger partial charge in [-0.05, 0) is 31.4 Å². The van der Waals surface area contributed by atoms with Crippen LogP contribution in [0, 0.1) is 0 Å². The van der Waals surface area contributed by atoms with E-state index >= 15 is 0 Å². The van der Waals surface area contributed by atoms with Gasteiger partial charge in [0.2, 0.25) is 17.7 Å². The molecule has 182 valence electrons. The minimum absolute atomic E-state index is 0.00801. The molecule has 3 N–H and O–H groups in total. The largest absolute Gasteiger partial charge is 0.383 e. The van der Waals surface area contributed by atoms with Crippen LogP contribution >= 0.6 is 0 Å². The second-order valence-electron chi connectivity index (χ2n) is 9.12. The zero-order chi connectivity index (χ0) is 24.7. The van der Waals surface area contributed by atoms with Crippen LogP contribution in [0.2, 0.25) is 0 Å². The summed E-state index contributed by atoms with van der Waals surface area (Å²) in [5.74, 6) is -3.04. The third kappa shape index (κ3) is 4.09. The number of hydrogen-bond donors (Lipinski definition) is 3. The van der Waals surface area contributed by atoms with Crippen LogP contribution in [0.15, 0.2) is 24.4 Å². The molecule has 0 bridgehead atoms. The van der Waals surface area contributed by atoms with E-state index in [-0.39, 0.29) is 36.2 Å². The van der Waals surface area contributed by atoms with Crippen LogP contribution < -0.4 is 10.6 Å². The number of piperidine rings is 1. The summed E-state index contributed by atoms with van der Waals surface area (Å²) in [5, 5.41) is 23.6. The lowest BCUT2D eigenvalue weighted by Gasteiger charge is -2.29. The van der Waals surface area contributed by atoms with Gasteiger partial charge in [0.15, 0.2) is 0 Å². The Kier molecular flexibility index (Phi) is 5.67. The zero-order valence-corrected chi connectivity index (χ0v) is 18.8. The van der Waals surface area contributed by atoms with Crippen molar-refractivity contribution in [2.24, 2.45) is 0 Å². The van der Waals surface area contributed by atoms with Crippen LogP contribution in [0.3, 0.4) is 0 Å². The zero-order valence-electron chi connectivity index (χ0n) is 18.8. The van der Waals surface area contributed by atoms with Gasteiger partial charge in [0.1, 0.15) is 23.9 Å². The molecule has 1 saturated carbocycles. The molecule has 2 aliphatic heterocycles. The van der Waals surface area contributed by atoms with Gasteiger partial charge in [0.25, 0.3) is 11.8 Å². The van der Waals surface area contributed by atoms with E-state index in [4.69, 9.17) is 0 Å². The van der Waals surface area contributed by atoms with E-state index in [1.165, 1.54) is 22.9 Å². The number of carbonyl (C=O) groups is 5. The van der Waals surface area contributed by atoms with E-state index in [2.05, 4.69) is 20.9 Å². The highest BCUT2D eigenvalue weighted by Crippen LogP contribution is 2.36. The van der Waals surface area contributed by atoms with Crippen LogP contribution in [0.1, 0.15) is 71.4 Å². The van der Waals surface area contributed by atoms with Gasteiger partial charge in [-0.3, -0.25) is 34.2 Å². The SMILES string of the molecule is O=C1CCC(N2C(=O)c3cccc(NC(=O)Cn4cc(C5(O)CCCCC5)nn4)c3C2=O)C(=O)N1. The summed E-state index contributed by atoms with van der Waals surface area (Å²) in [6.07, 6.45) is 5.63. The van der Waals surface area contributed by atoms with E-state index in [0.29, 0.717) is 18.5 Å². The Bertz CT molecular complexity index is 1250. The van der Waals surface area contributed by atoms with Crippen molar-refractivity contribution in [3.05, 3.63) is 41.2 Å². The maximum absolute atomic E-state index is 13.1. The molecule has 0 radical (unpaired) electrons. The van der Waals surface area contributed by atoms with Crippen LogP contribution in [0.5, 0.6) is 0 Å². The highest BCUT2D eigenvalue weighted by molar-refractivity contribution is 6.26. The van der Waals surface area contributed by atoms with E-state index in [1.807, 2.05) is 0 Å². The predicted molar refractivity (Wildman–Crippen MR) is 119 cm³/mol. The molecule has 1 atom stereocenters. The van der Waals surface area contributed by atoms with Crippen molar-refractivity contribution in [2.45, 2.75) is 63.1 Å². The molecule has 1 aromatic carbocycles. The lowest BCUT2D eigenvalue weighted by Crippen LogP contribution is -2.54. The Morgan fingerprint density at radius 3 is 2.66 bits per heavy atom.